The molecular weight excluding hydrogens is 314 g/mol. The first-order chi connectivity index (χ1) is 12.9. The molecular formula is C25H44N. The third-order valence-electron chi connectivity index (χ3n) is 5.34. The van der Waals surface area contributed by atoms with Crippen molar-refractivity contribution in [3.05, 3.63) is 36.2 Å². The first-order valence-electron chi connectivity index (χ1n) is 11.7. The molecule has 0 amide bonds. The van der Waals surface area contributed by atoms with E-state index in [1.807, 2.05) is 12.3 Å². The molecule has 0 aliphatic carbocycles. The molecule has 0 aromatic heterocycles. The molecule has 0 aromatic rings. The van der Waals surface area contributed by atoms with E-state index in [1.54, 1.807) is 0 Å². The molecule has 26 heavy (non-hydrogen) atoms. The molecule has 1 heterocycles. The van der Waals surface area contributed by atoms with Gasteiger partial charge >= 0.3 is 0 Å². The summed E-state index contributed by atoms with van der Waals surface area (Å²) in [6, 6.07) is 0. The number of unbranched alkanes of at least 4 members (excludes halogenated alkanes) is 17. The highest BCUT2D eigenvalue weighted by atomic mass is 14.9. The number of hydrogen-bond acceptors (Lipinski definition) is 0. The van der Waals surface area contributed by atoms with Crippen LogP contribution in [0.1, 0.15) is 122 Å². The van der Waals surface area contributed by atoms with Gasteiger partial charge in [0.1, 0.15) is 0 Å². The maximum Gasteiger partial charge on any atom is 0.0626 e. The van der Waals surface area contributed by atoms with Gasteiger partial charge in [-0.3, -0.25) is 5.32 Å². The fourth-order valence-corrected chi connectivity index (χ4v) is 3.60. The summed E-state index contributed by atoms with van der Waals surface area (Å²) in [5, 5.41) is 4.25. The maximum absolute atomic E-state index is 4.25. The molecule has 0 saturated heterocycles. The van der Waals surface area contributed by atoms with Gasteiger partial charge in [-0.25, -0.2) is 0 Å². The van der Waals surface area contributed by atoms with Crippen molar-refractivity contribution >= 4 is 0 Å². The van der Waals surface area contributed by atoms with Gasteiger partial charge in [-0.2, -0.15) is 0 Å². The molecule has 149 valence electrons. The van der Waals surface area contributed by atoms with Crippen LogP contribution in [-0.4, -0.2) is 0 Å². The molecule has 0 atom stereocenters. The zero-order chi connectivity index (χ0) is 18.5. The Labute approximate surface area is 164 Å². The van der Waals surface area contributed by atoms with Crippen molar-refractivity contribution in [2.24, 2.45) is 0 Å². The summed E-state index contributed by atoms with van der Waals surface area (Å²) in [6.07, 6.45) is 36.0. The molecule has 1 aliphatic heterocycles. The molecule has 0 aromatic carbocycles. The Bertz CT molecular complexity index is 378. The quantitative estimate of drug-likeness (QED) is 0.205. The Morgan fingerprint density at radius 3 is 1.54 bits per heavy atom. The minimum atomic E-state index is 1.09. The Kier molecular flexibility index (Phi) is 16.7. The van der Waals surface area contributed by atoms with Gasteiger partial charge in [0.05, 0.1) is 5.70 Å². The molecule has 0 unspecified atom stereocenters. The van der Waals surface area contributed by atoms with Crippen molar-refractivity contribution in [2.45, 2.75) is 122 Å². The predicted octanol–water partition coefficient (Wildman–Crippen LogP) is 8.60. The van der Waals surface area contributed by atoms with Gasteiger partial charge in [0.15, 0.2) is 0 Å². The van der Waals surface area contributed by atoms with E-state index in [1.165, 1.54) is 116 Å². The van der Waals surface area contributed by atoms with Gasteiger partial charge in [-0.1, -0.05) is 116 Å². The highest BCUT2D eigenvalue weighted by Gasteiger charge is 1.95. The van der Waals surface area contributed by atoms with E-state index in [9.17, 15) is 0 Å². The van der Waals surface area contributed by atoms with E-state index in [-0.39, 0.29) is 0 Å². The van der Waals surface area contributed by atoms with E-state index in [2.05, 4.69) is 30.5 Å². The van der Waals surface area contributed by atoms with Crippen LogP contribution in [0.2, 0.25) is 0 Å². The second-order valence-electron chi connectivity index (χ2n) is 7.91. The van der Waals surface area contributed by atoms with Crippen LogP contribution in [-0.2, 0) is 0 Å². The molecule has 1 rings (SSSR count). The lowest BCUT2D eigenvalue weighted by molar-refractivity contribution is 0.527. The second-order valence-corrected chi connectivity index (χ2v) is 7.91. The summed E-state index contributed by atoms with van der Waals surface area (Å²) in [6.45, 7) is 2.30. The second kappa shape index (κ2) is 18.8. The van der Waals surface area contributed by atoms with Crippen LogP contribution in [0.5, 0.6) is 0 Å². The van der Waals surface area contributed by atoms with Crippen molar-refractivity contribution in [2.75, 3.05) is 0 Å². The van der Waals surface area contributed by atoms with E-state index < -0.39 is 0 Å². The zero-order valence-electron chi connectivity index (χ0n) is 17.6. The lowest BCUT2D eigenvalue weighted by Gasteiger charge is -2.03. The highest BCUT2D eigenvalue weighted by molar-refractivity contribution is 5.28. The van der Waals surface area contributed by atoms with Crippen LogP contribution >= 0.6 is 0 Å². The van der Waals surface area contributed by atoms with Crippen molar-refractivity contribution < 1.29 is 0 Å². The van der Waals surface area contributed by atoms with Crippen molar-refractivity contribution in [1.29, 1.82) is 0 Å². The predicted molar refractivity (Wildman–Crippen MR) is 117 cm³/mol. The van der Waals surface area contributed by atoms with Crippen LogP contribution in [0.3, 0.4) is 0 Å². The molecule has 0 fully saturated rings. The molecule has 0 bridgehead atoms. The molecule has 0 spiro atoms. The molecule has 0 saturated carbocycles. The molecule has 1 nitrogen and oxygen atoms in total. The van der Waals surface area contributed by atoms with Crippen LogP contribution in [0.25, 0.3) is 0 Å². The number of allylic oxidation sites excluding steroid dienone is 4. The first kappa shape index (κ1) is 23.1. The summed E-state index contributed by atoms with van der Waals surface area (Å²) in [7, 11) is 0. The number of rotatable bonds is 19. The van der Waals surface area contributed by atoms with Crippen molar-refractivity contribution in [1.82, 2.24) is 5.32 Å². The Morgan fingerprint density at radius 1 is 0.654 bits per heavy atom. The average Bonchev–Trinajstić information content (AvgIpc) is 3.17. The average molecular weight is 359 g/mol. The summed E-state index contributed by atoms with van der Waals surface area (Å²) >= 11 is 0. The SMILES string of the molecule is CCCCCCCCCCCCCCCCCCCC=CC1=CC=C[N]1. The molecule has 1 radical (unpaired) electrons. The van der Waals surface area contributed by atoms with Crippen molar-refractivity contribution in [3.8, 4) is 0 Å². The van der Waals surface area contributed by atoms with Gasteiger partial charge in [-0.15, -0.1) is 0 Å². The summed E-state index contributed by atoms with van der Waals surface area (Å²) in [5.41, 5.74) is 1.09. The normalized spacial score (nSPS) is 13.5. The molecule has 1 heteroatoms. The Hall–Kier alpha value is -0.980. The largest absolute Gasteiger partial charge is 0.257 e. The van der Waals surface area contributed by atoms with Crippen LogP contribution in [0.4, 0.5) is 0 Å². The lowest BCUT2D eigenvalue weighted by atomic mass is 10.0. The summed E-state index contributed by atoms with van der Waals surface area (Å²) < 4.78 is 0. The van der Waals surface area contributed by atoms with Crippen LogP contribution in [0, 0.1) is 0 Å². The van der Waals surface area contributed by atoms with E-state index in [0.717, 1.165) is 5.70 Å². The number of hydrogen-bond donors (Lipinski definition) is 0. The minimum Gasteiger partial charge on any atom is -0.257 e. The number of nitrogens with zero attached hydrogens (tertiary/aromatic N) is 1. The molecule has 0 N–H and O–H groups in total. The van der Waals surface area contributed by atoms with Gasteiger partial charge in [-0.05, 0) is 31.1 Å². The minimum absolute atomic E-state index is 1.09. The van der Waals surface area contributed by atoms with Crippen LogP contribution in [0.15, 0.2) is 36.2 Å². The fraction of sp³-hybridized carbons (Fsp3) is 0.760. The maximum atomic E-state index is 4.25. The highest BCUT2D eigenvalue weighted by Crippen LogP contribution is 2.14. The van der Waals surface area contributed by atoms with E-state index in [0.29, 0.717) is 0 Å². The fourth-order valence-electron chi connectivity index (χ4n) is 3.60. The third kappa shape index (κ3) is 15.3. The summed E-state index contributed by atoms with van der Waals surface area (Å²) in [5.74, 6) is 0. The smallest absolute Gasteiger partial charge is 0.0626 e. The Balaban J connectivity index is 1.67. The Morgan fingerprint density at radius 2 is 1.12 bits per heavy atom. The lowest BCUT2D eigenvalue weighted by Crippen LogP contribution is -1.86. The molecule has 1 aliphatic rings. The van der Waals surface area contributed by atoms with Gasteiger partial charge in [0.2, 0.25) is 0 Å². The topological polar surface area (TPSA) is 14.1 Å². The van der Waals surface area contributed by atoms with E-state index in [4.69, 9.17) is 0 Å². The standard InChI is InChI=1S/C25H44N/c1-2-3-4-5-6-7-8-9-10-11-12-13-14-15-16-17-18-19-20-22-25-23-21-24-26-25/h20-24H,2-19H2,1H3. The van der Waals surface area contributed by atoms with E-state index >= 15 is 0 Å². The van der Waals surface area contributed by atoms with Gasteiger partial charge in [0, 0.05) is 6.20 Å². The monoisotopic (exact) mass is 358 g/mol. The third-order valence-corrected chi connectivity index (χ3v) is 5.34. The summed E-state index contributed by atoms with van der Waals surface area (Å²) in [4.78, 5) is 0. The first-order valence-corrected chi connectivity index (χ1v) is 11.7. The van der Waals surface area contributed by atoms with Crippen molar-refractivity contribution in [3.63, 3.8) is 0 Å². The van der Waals surface area contributed by atoms with Gasteiger partial charge < -0.3 is 0 Å². The van der Waals surface area contributed by atoms with Crippen LogP contribution < -0.4 is 5.32 Å². The zero-order valence-corrected chi connectivity index (χ0v) is 17.6. The van der Waals surface area contributed by atoms with Gasteiger partial charge in [0.25, 0.3) is 0 Å².